The summed E-state index contributed by atoms with van der Waals surface area (Å²) >= 11 is 25.7. The molecule has 2 aromatic carbocycles. The fraction of sp³-hybridized carbons (Fsp3) is 0.300. The van der Waals surface area contributed by atoms with Crippen molar-refractivity contribution in [3.05, 3.63) is 62.1 Å². The first-order valence-corrected chi connectivity index (χ1v) is 11.6. The van der Waals surface area contributed by atoms with Gasteiger partial charge in [0.2, 0.25) is 5.91 Å². The molecule has 0 aliphatic carbocycles. The highest BCUT2D eigenvalue weighted by Gasteiger charge is 2.38. The Bertz CT molecular complexity index is 960. The molecule has 2 atom stereocenters. The van der Waals surface area contributed by atoms with Crippen molar-refractivity contribution in [2.75, 3.05) is 17.7 Å². The molecule has 1 N–H and O–H groups in total. The lowest BCUT2D eigenvalue weighted by Crippen LogP contribution is -2.41. The number of anilines is 1. The third-order valence-corrected chi connectivity index (χ3v) is 7.08. The summed E-state index contributed by atoms with van der Waals surface area (Å²) in [4.78, 5) is 26.5. The molecule has 30 heavy (non-hydrogen) atoms. The molecule has 1 aliphatic rings. The zero-order valence-corrected chi connectivity index (χ0v) is 19.7. The van der Waals surface area contributed by atoms with Crippen molar-refractivity contribution in [1.29, 1.82) is 0 Å². The maximum Gasteiger partial charge on any atom is 0.411 e. The molecule has 1 fully saturated rings. The summed E-state index contributed by atoms with van der Waals surface area (Å²) in [5, 5.41) is 4.06. The molecule has 1 saturated heterocycles. The second kappa shape index (κ2) is 10.3. The maximum absolute atomic E-state index is 12.6. The number of benzene rings is 2. The number of carbonyl (C=O) groups excluding carboxylic acids is 2. The highest BCUT2D eigenvalue weighted by Crippen LogP contribution is 2.43. The fourth-order valence-corrected chi connectivity index (χ4v) is 5.23. The summed E-state index contributed by atoms with van der Waals surface area (Å²) in [6, 6.07) is 9.64. The van der Waals surface area contributed by atoms with Gasteiger partial charge in [-0.1, -0.05) is 59.4 Å². The van der Waals surface area contributed by atoms with Crippen molar-refractivity contribution in [2.45, 2.75) is 24.8 Å². The summed E-state index contributed by atoms with van der Waals surface area (Å²) < 4.78 is 5.38. The zero-order valence-electron chi connectivity index (χ0n) is 15.8. The number of thioether (sulfide) groups is 1. The molecule has 0 aromatic heterocycles. The van der Waals surface area contributed by atoms with Crippen LogP contribution in [0.3, 0.4) is 0 Å². The van der Waals surface area contributed by atoms with Crippen LogP contribution in [0.5, 0.6) is 0 Å². The minimum Gasteiger partial charge on any atom is -0.447 e. The summed E-state index contributed by atoms with van der Waals surface area (Å²) in [6.45, 7) is 1.97. The van der Waals surface area contributed by atoms with Gasteiger partial charge in [-0.3, -0.25) is 10.1 Å². The largest absolute Gasteiger partial charge is 0.447 e. The number of nitrogens with zero attached hydrogens (tertiary/aromatic N) is 1. The van der Waals surface area contributed by atoms with Gasteiger partial charge in [0.15, 0.2) is 0 Å². The van der Waals surface area contributed by atoms with Crippen LogP contribution in [0.25, 0.3) is 0 Å². The lowest BCUT2D eigenvalue weighted by molar-refractivity contribution is -0.131. The van der Waals surface area contributed by atoms with Gasteiger partial charge >= 0.3 is 6.09 Å². The number of nitrogens with one attached hydrogen (secondary N) is 1. The minimum atomic E-state index is -0.646. The van der Waals surface area contributed by atoms with Crippen molar-refractivity contribution >= 4 is 75.9 Å². The van der Waals surface area contributed by atoms with Gasteiger partial charge in [0.25, 0.3) is 0 Å². The van der Waals surface area contributed by atoms with E-state index in [1.807, 2.05) is 13.0 Å². The van der Waals surface area contributed by atoms with Gasteiger partial charge in [-0.05, 0) is 36.8 Å². The van der Waals surface area contributed by atoms with E-state index >= 15 is 0 Å². The monoisotopic (exact) mass is 506 g/mol. The molecule has 0 unspecified atom stereocenters. The predicted molar refractivity (Wildman–Crippen MR) is 124 cm³/mol. The first kappa shape index (κ1) is 23.4. The number of halogens is 4. The highest BCUT2D eigenvalue weighted by molar-refractivity contribution is 8.00. The van der Waals surface area contributed by atoms with Crippen LogP contribution in [0.15, 0.2) is 36.4 Å². The Morgan fingerprint density at radius 2 is 1.93 bits per heavy atom. The van der Waals surface area contributed by atoms with Gasteiger partial charge in [-0.15, -0.1) is 11.8 Å². The maximum atomic E-state index is 12.6. The van der Waals surface area contributed by atoms with E-state index in [1.165, 1.54) is 17.8 Å². The minimum absolute atomic E-state index is 0.0312. The predicted octanol–water partition coefficient (Wildman–Crippen LogP) is 6.90. The van der Waals surface area contributed by atoms with Gasteiger partial charge in [-0.2, -0.15) is 0 Å². The van der Waals surface area contributed by atoms with E-state index in [9.17, 15) is 9.59 Å². The SMILES string of the molecule is CC[C@H](COC(=O)Nc1ccc(Cl)c(Cl)c1)N1C(=O)CS[C@@H]1c1ccc(Cl)cc1Cl. The first-order valence-electron chi connectivity index (χ1n) is 9.06. The lowest BCUT2D eigenvalue weighted by atomic mass is 10.1. The first-order chi connectivity index (χ1) is 14.3. The summed E-state index contributed by atoms with van der Waals surface area (Å²) in [5.41, 5.74) is 1.26. The molecule has 1 aliphatic heterocycles. The lowest BCUT2D eigenvalue weighted by Gasteiger charge is -2.32. The second-order valence-electron chi connectivity index (χ2n) is 6.54. The normalized spacial score (nSPS) is 17.2. The third-order valence-electron chi connectivity index (χ3n) is 4.57. The number of amides is 2. The van der Waals surface area contributed by atoms with Crippen LogP contribution in [0.2, 0.25) is 20.1 Å². The molecule has 3 rings (SSSR count). The van der Waals surface area contributed by atoms with Crippen molar-refractivity contribution in [3.63, 3.8) is 0 Å². The van der Waals surface area contributed by atoms with E-state index in [0.717, 1.165) is 5.56 Å². The smallest absolute Gasteiger partial charge is 0.411 e. The Labute approximate surface area is 198 Å². The Morgan fingerprint density at radius 3 is 2.60 bits per heavy atom. The van der Waals surface area contributed by atoms with E-state index < -0.39 is 6.09 Å². The van der Waals surface area contributed by atoms with Gasteiger partial charge in [0, 0.05) is 21.3 Å². The Morgan fingerprint density at radius 1 is 1.17 bits per heavy atom. The third kappa shape index (κ3) is 5.48. The van der Waals surface area contributed by atoms with Crippen LogP contribution in [0.4, 0.5) is 10.5 Å². The fourth-order valence-electron chi connectivity index (χ4n) is 3.07. The molecule has 0 saturated carbocycles. The molecule has 10 heteroatoms. The molecule has 1 heterocycles. The molecule has 5 nitrogen and oxygen atoms in total. The van der Waals surface area contributed by atoms with Gasteiger partial charge in [0.05, 0.1) is 21.8 Å². The Balaban J connectivity index is 1.68. The second-order valence-corrected chi connectivity index (χ2v) is 9.27. The van der Waals surface area contributed by atoms with Crippen molar-refractivity contribution in [2.24, 2.45) is 0 Å². The van der Waals surface area contributed by atoms with Crippen molar-refractivity contribution < 1.29 is 14.3 Å². The van der Waals surface area contributed by atoms with Gasteiger partial charge < -0.3 is 9.64 Å². The molecule has 0 bridgehead atoms. The van der Waals surface area contributed by atoms with E-state index in [0.29, 0.717) is 38.0 Å². The summed E-state index contributed by atoms with van der Waals surface area (Å²) in [6.07, 6.45) is -0.0409. The average Bonchev–Trinajstić information content (AvgIpc) is 3.07. The van der Waals surface area contributed by atoms with Crippen molar-refractivity contribution in [3.8, 4) is 0 Å². The summed E-state index contributed by atoms with van der Waals surface area (Å²) in [5.74, 6) is 0.298. The van der Waals surface area contributed by atoms with Crippen molar-refractivity contribution in [1.82, 2.24) is 4.90 Å². The van der Waals surface area contributed by atoms with Crippen LogP contribution < -0.4 is 5.32 Å². The molecule has 2 amide bonds. The number of hydrogen-bond acceptors (Lipinski definition) is 4. The quantitative estimate of drug-likeness (QED) is 0.461. The Kier molecular flexibility index (Phi) is 8.04. The molecule has 160 valence electrons. The molecule has 0 spiro atoms. The summed E-state index contributed by atoms with van der Waals surface area (Å²) in [7, 11) is 0. The van der Waals surface area contributed by atoms with Gasteiger partial charge in [0.1, 0.15) is 12.0 Å². The van der Waals surface area contributed by atoms with Crippen LogP contribution in [0, 0.1) is 0 Å². The standard InChI is InChI=1S/C20H18Cl4N2O3S/c1-2-13(9-29-20(28)25-12-4-6-15(22)17(24)8-12)26-18(27)10-30-19(26)14-5-3-11(21)7-16(14)23/h3-8,13,19H,2,9-10H2,1H3,(H,25,28)/t13-,19-/m1/s1. The molecule has 2 aromatic rings. The van der Waals surface area contributed by atoms with Crippen LogP contribution in [-0.2, 0) is 9.53 Å². The molecular formula is C20H18Cl4N2O3S. The van der Waals surface area contributed by atoms with E-state index in [4.69, 9.17) is 51.1 Å². The van der Waals surface area contributed by atoms with Crippen LogP contribution in [0.1, 0.15) is 24.3 Å². The number of carbonyl (C=O) groups is 2. The highest BCUT2D eigenvalue weighted by atomic mass is 35.5. The number of ether oxygens (including phenoxy) is 1. The van der Waals surface area contributed by atoms with Gasteiger partial charge in [-0.25, -0.2) is 4.79 Å². The topological polar surface area (TPSA) is 58.6 Å². The number of hydrogen-bond donors (Lipinski definition) is 1. The van der Waals surface area contributed by atoms with E-state index in [-0.39, 0.29) is 23.9 Å². The van der Waals surface area contributed by atoms with E-state index in [2.05, 4.69) is 5.32 Å². The Hall–Kier alpha value is -1.31. The number of rotatable bonds is 6. The molecule has 0 radical (unpaired) electrons. The van der Waals surface area contributed by atoms with Crippen LogP contribution in [-0.4, -0.2) is 35.3 Å². The van der Waals surface area contributed by atoms with E-state index in [1.54, 1.807) is 29.2 Å². The molecular weight excluding hydrogens is 490 g/mol. The average molecular weight is 508 g/mol. The zero-order chi connectivity index (χ0) is 21.8. The van der Waals surface area contributed by atoms with Crippen LogP contribution >= 0.6 is 58.2 Å².